The molecule has 0 amide bonds. The molecule has 1 aliphatic rings. The summed E-state index contributed by atoms with van der Waals surface area (Å²) in [7, 11) is -5.82. The van der Waals surface area contributed by atoms with Crippen molar-refractivity contribution in [3.05, 3.63) is 136 Å². The molecule has 6 aromatic rings. The number of hydrogen-bond donors (Lipinski definition) is 2. The van der Waals surface area contributed by atoms with Crippen LogP contribution in [0.3, 0.4) is 0 Å². The van der Waals surface area contributed by atoms with Crippen LogP contribution in [-0.4, -0.2) is 86.6 Å². The predicted octanol–water partition coefficient (Wildman–Crippen LogP) is 5.73. The molecule has 1 saturated heterocycles. The molecule has 2 N–H and O–H groups in total. The summed E-state index contributed by atoms with van der Waals surface area (Å²) in [6, 6.07) is 22.9. The van der Waals surface area contributed by atoms with Crippen molar-refractivity contribution in [2.45, 2.75) is 28.9 Å². The average Bonchev–Trinajstić information content (AvgIpc) is 3.91. The first-order valence-electron chi connectivity index (χ1n) is 17.7. The van der Waals surface area contributed by atoms with E-state index in [0.717, 1.165) is 5.56 Å². The molecule has 0 bridgehead atoms. The van der Waals surface area contributed by atoms with Crippen molar-refractivity contribution < 1.29 is 40.6 Å². The van der Waals surface area contributed by atoms with Crippen LogP contribution in [0.15, 0.2) is 120 Å². The van der Waals surface area contributed by atoms with E-state index < -0.39 is 32.0 Å². The van der Waals surface area contributed by atoms with Crippen LogP contribution in [0.2, 0.25) is 10.0 Å². The number of nitrogens with one attached hydrogen (secondary N) is 2. The highest BCUT2D eigenvalue weighted by Gasteiger charge is 2.30. The lowest BCUT2D eigenvalue weighted by Gasteiger charge is -2.39. The maximum atomic E-state index is 13.4. The van der Waals surface area contributed by atoms with Crippen LogP contribution in [0.4, 0.5) is 11.4 Å². The molecule has 20 heteroatoms. The van der Waals surface area contributed by atoms with Crippen LogP contribution in [0.1, 0.15) is 21.5 Å². The van der Waals surface area contributed by atoms with Crippen LogP contribution >= 0.6 is 23.2 Å². The summed E-state index contributed by atoms with van der Waals surface area (Å²) in [6.45, 7) is 1.45. The summed E-state index contributed by atoms with van der Waals surface area (Å²) in [5.41, 5.74) is 2.58. The van der Waals surface area contributed by atoms with Crippen LogP contribution in [0, 0.1) is 0 Å². The molecule has 59 heavy (non-hydrogen) atoms. The molecule has 7 rings (SSSR count). The van der Waals surface area contributed by atoms with E-state index in [9.17, 15) is 26.4 Å². The fourth-order valence-corrected chi connectivity index (χ4v) is 8.42. The molecule has 0 radical (unpaired) electrons. The van der Waals surface area contributed by atoms with Crippen molar-refractivity contribution in [3.63, 3.8) is 0 Å². The Morgan fingerprint density at radius 1 is 0.729 bits per heavy atom. The number of ether oxygens (including phenoxy) is 3. The van der Waals surface area contributed by atoms with E-state index in [2.05, 4.69) is 24.5 Å². The van der Waals surface area contributed by atoms with E-state index in [0.29, 0.717) is 52.4 Å². The molecule has 0 spiro atoms. The van der Waals surface area contributed by atoms with E-state index >= 15 is 0 Å². The Bertz CT molecular complexity index is 2740. The SMILES string of the molecule is COC(=O)Cc1cc(CN2CC(Oc3ccc(NS(=O)(=O)c4cnn(-c5ccc(Cl)cc5)c4)c(C(=O)OC)c3)C2)ccc1NS(=O)(=O)c1cnn(-c2ccc(Cl)cc2)c1. The number of methoxy groups -OCH3 is 2. The van der Waals surface area contributed by atoms with Gasteiger partial charge in [0.15, 0.2) is 0 Å². The molecule has 0 aliphatic carbocycles. The predicted molar refractivity (Wildman–Crippen MR) is 218 cm³/mol. The maximum absolute atomic E-state index is 13.4. The number of aromatic nitrogens is 4. The van der Waals surface area contributed by atoms with Gasteiger partial charge in [-0.05, 0) is 83.9 Å². The summed E-state index contributed by atoms with van der Waals surface area (Å²) in [5, 5.41) is 9.36. The minimum absolute atomic E-state index is 0.0137. The number of benzene rings is 4. The molecule has 0 atom stereocenters. The number of anilines is 2. The Morgan fingerprint density at radius 2 is 1.27 bits per heavy atom. The van der Waals surface area contributed by atoms with Crippen molar-refractivity contribution >= 4 is 66.6 Å². The lowest BCUT2D eigenvalue weighted by molar-refractivity contribution is -0.139. The highest BCUT2D eigenvalue weighted by Crippen LogP contribution is 2.29. The van der Waals surface area contributed by atoms with Gasteiger partial charge in [0, 0.05) is 29.7 Å². The zero-order valence-electron chi connectivity index (χ0n) is 31.3. The van der Waals surface area contributed by atoms with Gasteiger partial charge in [-0.3, -0.25) is 19.1 Å². The largest absolute Gasteiger partial charge is 0.488 e. The monoisotopic (exact) mass is 879 g/mol. The second kappa shape index (κ2) is 17.1. The third-order valence-electron chi connectivity index (χ3n) is 9.17. The molecule has 306 valence electrons. The van der Waals surface area contributed by atoms with E-state index in [1.165, 1.54) is 60.5 Å². The Hall–Kier alpha value is -5.92. The number of hydrogen-bond acceptors (Lipinski definition) is 12. The third kappa shape index (κ3) is 9.69. The number of rotatable bonds is 15. The number of nitrogens with zero attached hydrogens (tertiary/aromatic N) is 5. The van der Waals surface area contributed by atoms with Gasteiger partial charge >= 0.3 is 11.9 Å². The van der Waals surface area contributed by atoms with Crippen molar-refractivity contribution in [1.82, 2.24) is 24.5 Å². The van der Waals surface area contributed by atoms with Crippen molar-refractivity contribution in [3.8, 4) is 17.1 Å². The fraction of sp³-hybridized carbons (Fsp3) is 0.179. The first kappa shape index (κ1) is 41.2. The van der Waals surface area contributed by atoms with Crippen molar-refractivity contribution in [1.29, 1.82) is 0 Å². The number of esters is 2. The average molecular weight is 881 g/mol. The second-order valence-corrected chi connectivity index (χ2v) is 17.5. The number of carbonyl (C=O) groups is 2. The van der Waals surface area contributed by atoms with Crippen LogP contribution < -0.4 is 14.2 Å². The minimum atomic E-state index is -4.17. The van der Waals surface area contributed by atoms with Gasteiger partial charge in [-0.15, -0.1) is 0 Å². The van der Waals surface area contributed by atoms with Crippen molar-refractivity contribution in [2.75, 3.05) is 36.8 Å². The smallest absolute Gasteiger partial charge is 0.340 e. The molecule has 0 saturated carbocycles. The number of carbonyl (C=O) groups excluding carboxylic acids is 2. The van der Waals surface area contributed by atoms with E-state index in [1.54, 1.807) is 72.8 Å². The molecule has 2 aromatic heterocycles. The lowest BCUT2D eigenvalue weighted by Crippen LogP contribution is -2.53. The van der Waals surface area contributed by atoms with Crippen molar-refractivity contribution in [2.24, 2.45) is 0 Å². The first-order chi connectivity index (χ1) is 28.2. The highest BCUT2D eigenvalue weighted by atomic mass is 35.5. The van der Waals surface area contributed by atoms with Gasteiger partial charge in [-0.1, -0.05) is 35.3 Å². The highest BCUT2D eigenvalue weighted by molar-refractivity contribution is 7.93. The topological polar surface area (TPSA) is 193 Å². The van der Waals surface area contributed by atoms with E-state index in [4.69, 9.17) is 37.4 Å². The number of halogens is 2. The van der Waals surface area contributed by atoms with Gasteiger partial charge < -0.3 is 14.2 Å². The molecular weight excluding hydrogens is 846 g/mol. The second-order valence-electron chi connectivity index (χ2n) is 13.3. The lowest BCUT2D eigenvalue weighted by atomic mass is 10.0. The van der Waals surface area contributed by atoms with Gasteiger partial charge in [0.25, 0.3) is 20.0 Å². The summed E-state index contributed by atoms with van der Waals surface area (Å²) in [4.78, 5) is 27.0. The Kier molecular flexibility index (Phi) is 12.0. The normalized spacial score (nSPS) is 13.4. The van der Waals surface area contributed by atoms with Gasteiger partial charge in [0.1, 0.15) is 21.6 Å². The minimum Gasteiger partial charge on any atom is -0.488 e. The van der Waals surface area contributed by atoms with Crippen LogP contribution in [-0.2, 0) is 47.3 Å². The zero-order valence-corrected chi connectivity index (χ0v) is 34.4. The number of likely N-dealkylation sites (tertiary alicyclic amines) is 1. The Labute approximate surface area is 349 Å². The molecule has 16 nitrogen and oxygen atoms in total. The summed E-state index contributed by atoms with van der Waals surface area (Å²) >= 11 is 11.9. The molecule has 4 aromatic carbocycles. The van der Waals surface area contributed by atoms with E-state index in [-0.39, 0.29) is 39.3 Å². The van der Waals surface area contributed by atoms with Gasteiger partial charge in [-0.2, -0.15) is 10.2 Å². The summed E-state index contributed by atoms with van der Waals surface area (Å²) in [6.07, 6.45) is 4.67. The maximum Gasteiger partial charge on any atom is 0.340 e. The standard InChI is InChI=1S/C39H35Cl2N7O9S2/c1-55-38(49)16-26-15-25(3-13-36(26)44-58(51,52)33-18-42-47(23-33)29-8-4-27(40)5-9-29)20-46-21-32(22-46)57-31-12-14-37(35(17-31)39(50)56-2)45-59(53,54)34-19-43-48(24-34)30-10-6-28(41)7-11-30/h3-15,17-19,23-24,32,44-45H,16,20-22H2,1-2H3. The van der Waals surface area contributed by atoms with E-state index in [1.807, 2.05) is 0 Å². The Morgan fingerprint density at radius 3 is 1.81 bits per heavy atom. The van der Waals surface area contributed by atoms with Gasteiger partial charge in [0.2, 0.25) is 0 Å². The molecule has 1 aliphatic heterocycles. The van der Waals surface area contributed by atoms with Crippen LogP contribution in [0.25, 0.3) is 11.4 Å². The zero-order chi connectivity index (χ0) is 41.9. The molecule has 1 fully saturated rings. The number of sulfonamides is 2. The molecule has 0 unspecified atom stereocenters. The third-order valence-corrected chi connectivity index (χ3v) is 12.3. The first-order valence-corrected chi connectivity index (χ1v) is 21.4. The van der Waals surface area contributed by atoms with Gasteiger partial charge in [-0.25, -0.2) is 31.0 Å². The van der Waals surface area contributed by atoms with Gasteiger partial charge in [0.05, 0.1) is 73.7 Å². The molecular formula is C39H35Cl2N7O9S2. The quantitative estimate of drug-likeness (QED) is 0.119. The summed E-state index contributed by atoms with van der Waals surface area (Å²) in [5.74, 6) is -1.00. The Balaban J connectivity index is 0.991. The fourth-order valence-electron chi connectivity index (χ4n) is 6.13. The summed E-state index contributed by atoms with van der Waals surface area (Å²) < 4.78 is 77.2. The van der Waals surface area contributed by atoms with Crippen LogP contribution in [0.5, 0.6) is 5.75 Å². The molecule has 3 heterocycles.